The van der Waals surface area contributed by atoms with Crippen LogP contribution in [0.1, 0.15) is 50.9 Å². The number of carbonyl (C=O) groups excluding carboxylic acids is 2. The standard InChI is InChI=1S/C24H31N3O2/c1-17(2)18(3)24(29)27-15-9-13-22(27)23(28)26-21(19-10-5-4-6-11-19)16-20-12-7-8-14-25-20/h4-8,10-12,14,17-18,21-22H,9,13,15-16H2,1-3H3,(H,26,28)/t18-,21-,22?/m0/s1. The van der Waals surface area contributed by atoms with Gasteiger partial charge in [-0.25, -0.2) is 0 Å². The molecule has 0 saturated carbocycles. The van der Waals surface area contributed by atoms with Gasteiger partial charge in [0.2, 0.25) is 11.8 Å². The van der Waals surface area contributed by atoms with Crippen LogP contribution in [0.2, 0.25) is 0 Å². The van der Waals surface area contributed by atoms with E-state index in [9.17, 15) is 9.59 Å². The van der Waals surface area contributed by atoms with E-state index in [0.717, 1.165) is 17.7 Å². The molecule has 3 atom stereocenters. The van der Waals surface area contributed by atoms with E-state index >= 15 is 0 Å². The van der Waals surface area contributed by atoms with E-state index in [1.807, 2.05) is 69.3 Å². The Morgan fingerprint density at radius 1 is 1.10 bits per heavy atom. The minimum atomic E-state index is -0.390. The first kappa shape index (κ1) is 21.0. The van der Waals surface area contributed by atoms with E-state index < -0.39 is 6.04 Å². The number of pyridine rings is 1. The molecule has 2 heterocycles. The van der Waals surface area contributed by atoms with E-state index in [1.54, 1.807) is 11.1 Å². The van der Waals surface area contributed by atoms with Crippen molar-refractivity contribution in [2.45, 2.75) is 52.1 Å². The molecule has 3 rings (SSSR count). The molecule has 1 fully saturated rings. The van der Waals surface area contributed by atoms with Crippen LogP contribution >= 0.6 is 0 Å². The first-order valence-electron chi connectivity index (χ1n) is 10.5. The molecular formula is C24H31N3O2. The Bertz CT molecular complexity index is 807. The second kappa shape index (κ2) is 9.68. The van der Waals surface area contributed by atoms with Crippen LogP contribution in [0.15, 0.2) is 54.7 Å². The average molecular weight is 394 g/mol. The number of rotatable bonds is 7. The third kappa shape index (κ3) is 5.22. The normalized spacial score (nSPS) is 18.5. The molecule has 0 spiro atoms. The smallest absolute Gasteiger partial charge is 0.243 e. The number of benzene rings is 1. The number of hydrogen-bond donors (Lipinski definition) is 1. The Morgan fingerprint density at radius 3 is 2.48 bits per heavy atom. The van der Waals surface area contributed by atoms with Gasteiger partial charge in [0.05, 0.1) is 6.04 Å². The number of nitrogens with one attached hydrogen (secondary N) is 1. The number of likely N-dealkylation sites (tertiary alicyclic amines) is 1. The fraction of sp³-hybridized carbons (Fsp3) is 0.458. The molecule has 29 heavy (non-hydrogen) atoms. The Hall–Kier alpha value is -2.69. The zero-order chi connectivity index (χ0) is 20.8. The van der Waals surface area contributed by atoms with Crippen molar-refractivity contribution in [3.05, 3.63) is 66.0 Å². The van der Waals surface area contributed by atoms with Gasteiger partial charge in [-0.2, -0.15) is 0 Å². The highest BCUT2D eigenvalue weighted by molar-refractivity contribution is 5.89. The summed E-state index contributed by atoms with van der Waals surface area (Å²) in [7, 11) is 0. The number of aromatic nitrogens is 1. The van der Waals surface area contributed by atoms with Crippen molar-refractivity contribution in [3.63, 3.8) is 0 Å². The maximum absolute atomic E-state index is 13.2. The van der Waals surface area contributed by atoms with E-state index in [2.05, 4.69) is 10.3 Å². The van der Waals surface area contributed by atoms with Crippen molar-refractivity contribution in [1.29, 1.82) is 0 Å². The first-order valence-corrected chi connectivity index (χ1v) is 10.5. The minimum Gasteiger partial charge on any atom is -0.347 e. The van der Waals surface area contributed by atoms with Crippen LogP contribution in [0, 0.1) is 11.8 Å². The molecule has 0 radical (unpaired) electrons. The van der Waals surface area contributed by atoms with Gasteiger partial charge in [0.15, 0.2) is 0 Å². The molecule has 5 heteroatoms. The predicted octanol–water partition coefficient (Wildman–Crippen LogP) is 3.76. The summed E-state index contributed by atoms with van der Waals surface area (Å²) in [6, 6.07) is 15.2. The van der Waals surface area contributed by atoms with Crippen LogP contribution in [0.25, 0.3) is 0 Å². The van der Waals surface area contributed by atoms with Gasteiger partial charge < -0.3 is 10.2 Å². The average Bonchev–Trinajstić information content (AvgIpc) is 3.23. The lowest BCUT2D eigenvalue weighted by Crippen LogP contribution is -2.49. The third-order valence-corrected chi connectivity index (χ3v) is 5.89. The van der Waals surface area contributed by atoms with Crippen LogP contribution in [0.5, 0.6) is 0 Å². The summed E-state index contributed by atoms with van der Waals surface area (Å²) in [5, 5.41) is 3.20. The molecule has 2 amide bonds. The topological polar surface area (TPSA) is 62.3 Å². The molecule has 1 N–H and O–H groups in total. The maximum Gasteiger partial charge on any atom is 0.243 e. The van der Waals surface area contributed by atoms with E-state index in [4.69, 9.17) is 0 Å². The van der Waals surface area contributed by atoms with E-state index in [0.29, 0.717) is 19.4 Å². The minimum absolute atomic E-state index is 0.0726. The molecule has 1 aromatic heterocycles. The number of nitrogens with zero attached hydrogens (tertiary/aromatic N) is 2. The van der Waals surface area contributed by atoms with Gasteiger partial charge in [0.25, 0.3) is 0 Å². The fourth-order valence-electron chi connectivity index (χ4n) is 3.78. The lowest BCUT2D eigenvalue weighted by Gasteiger charge is -2.29. The molecule has 1 saturated heterocycles. The van der Waals surface area contributed by atoms with Crippen molar-refractivity contribution in [2.75, 3.05) is 6.54 Å². The largest absolute Gasteiger partial charge is 0.347 e. The molecule has 5 nitrogen and oxygen atoms in total. The Labute approximate surface area is 173 Å². The molecule has 1 aromatic carbocycles. The van der Waals surface area contributed by atoms with Crippen molar-refractivity contribution in [3.8, 4) is 0 Å². The summed E-state index contributed by atoms with van der Waals surface area (Å²) < 4.78 is 0. The SMILES string of the molecule is CC(C)[C@H](C)C(=O)N1CCCC1C(=O)N[C@@H](Cc1ccccn1)c1ccccc1. The van der Waals surface area contributed by atoms with Gasteiger partial charge in [0, 0.05) is 30.8 Å². The fourth-order valence-corrected chi connectivity index (χ4v) is 3.78. The second-order valence-electron chi connectivity index (χ2n) is 8.22. The molecule has 154 valence electrons. The summed E-state index contributed by atoms with van der Waals surface area (Å²) in [6.45, 7) is 6.70. The summed E-state index contributed by atoms with van der Waals surface area (Å²) in [6.07, 6.45) is 3.96. The summed E-state index contributed by atoms with van der Waals surface area (Å²) in [5.74, 6) is 0.185. The van der Waals surface area contributed by atoms with Crippen LogP contribution in [0.3, 0.4) is 0 Å². The third-order valence-electron chi connectivity index (χ3n) is 5.89. The predicted molar refractivity (Wildman–Crippen MR) is 114 cm³/mol. The molecule has 1 aliphatic rings. The molecule has 1 aliphatic heterocycles. The molecule has 1 unspecified atom stereocenters. The molecule has 0 bridgehead atoms. The van der Waals surface area contributed by atoms with E-state index in [-0.39, 0.29) is 29.7 Å². The van der Waals surface area contributed by atoms with Crippen molar-refractivity contribution in [1.82, 2.24) is 15.2 Å². The summed E-state index contributed by atoms with van der Waals surface area (Å²) >= 11 is 0. The summed E-state index contributed by atoms with van der Waals surface area (Å²) in [4.78, 5) is 32.3. The van der Waals surface area contributed by atoms with E-state index in [1.165, 1.54) is 0 Å². The Kier molecular flexibility index (Phi) is 7.02. The Balaban J connectivity index is 1.76. The highest BCUT2D eigenvalue weighted by atomic mass is 16.2. The Morgan fingerprint density at radius 2 is 1.83 bits per heavy atom. The lowest BCUT2D eigenvalue weighted by atomic mass is 9.96. The van der Waals surface area contributed by atoms with Gasteiger partial charge in [0.1, 0.15) is 6.04 Å². The maximum atomic E-state index is 13.2. The zero-order valence-corrected chi connectivity index (χ0v) is 17.5. The quantitative estimate of drug-likeness (QED) is 0.779. The van der Waals surface area contributed by atoms with Gasteiger partial charge in [-0.15, -0.1) is 0 Å². The first-order chi connectivity index (χ1) is 14.0. The van der Waals surface area contributed by atoms with Gasteiger partial charge in [-0.3, -0.25) is 14.6 Å². The second-order valence-corrected chi connectivity index (χ2v) is 8.22. The van der Waals surface area contributed by atoms with Gasteiger partial charge in [-0.1, -0.05) is 57.2 Å². The molecule has 0 aliphatic carbocycles. The highest BCUT2D eigenvalue weighted by Gasteiger charge is 2.37. The number of carbonyl (C=O) groups is 2. The number of amides is 2. The van der Waals surface area contributed by atoms with Gasteiger partial charge >= 0.3 is 0 Å². The molecule has 2 aromatic rings. The van der Waals surface area contributed by atoms with Crippen LogP contribution < -0.4 is 5.32 Å². The summed E-state index contributed by atoms with van der Waals surface area (Å²) in [5.41, 5.74) is 1.97. The number of hydrogen-bond acceptors (Lipinski definition) is 3. The highest BCUT2D eigenvalue weighted by Crippen LogP contribution is 2.25. The zero-order valence-electron chi connectivity index (χ0n) is 17.5. The van der Waals surface area contributed by atoms with Gasteiger partial charge in [-0.05, 0) is 36.5 Å². The monoisotopic (exact) mass is 393 g/mol. The van der Waals surface area contributed by atoms with Crippen LogP contribution in [0.4, 0.5) is 0 Å². The molecular weight excluding hydrogens is 362 g/mol. The van der Waals surface area contributed by atoms with Crippen LogP contribution in [-0.4, -0.2) is 34.3 Å². The lowest BCUT2D eigenvalue weighted by molar-refractivity contribution is -0.142. The van der Waals surface area contributed by atoms with Crippen molar-refractivity contribution < 1.29 is 9.59 Å². The van der Waals surface area contributed by atoms with Crippen molar-refractivity contribution in [2.24, 2.45) is 11.8 Å². The van der Waals surface area contributed by atoms with Crippen molar-refractivity contribution >= 4 is 11.8 Å². The van der Waals surface area contributed by atoms with Crippen LogP contribution in [-0.2, 0) is 16.0 Å².